The van der Waals surface area contributed by atoms with Gasteiger partial charge in [0, 0.05) is 37.4 Å². The molecule has 180 valence electrons. The smallest absolute Gasteiger partial charge is 0.119 e. The summed E-state index contributed by atoms with van der Waals surface area (Å²) in [5.41, 5.74) is 5.50. The predicted molar refractivity (Wildman–Crippen MR) is 144 cm³/mol. The number of unbranched alkanes of at least 4 members (excludes halogenated alkanes) is 2. The number of rotatable bonds is 10. The Balaban J connectivity index is 1.01. The van der Waals surface area contributed by atoms with Crippen molar-refractivity contribution in [2.75, 3.05) is 44.2 Å². The molecule has 1 aliphatic rings. The highest BCUT2D eigenvalue weighted by Crippen LogP contribution is 2.26. The lowest BCUT2D eigenvalue weighted by Crippen LogP contribution is -2.46. The number of piperazine rings is 1. The highest BCUT2D eigenvalue weighted by atomic mass is 16.5. The van der Waals surface area contributed by atoms with Crippen LogP contribution in [0.1, 0.15) is 19.3 Å². The molecule has 0 atom stereocenters. The fourth-order valence-corrected chi connectivity index (χ4v) is 4.65. The zero-order chi connectivity index (χ0) is 23.7. The van der Waals surface area contributed by atoms with Crippen molar-refractivity contribution in [1.29, 1.82) is 0 Å². The Morgan fingerprint density at radius 2 is 1.46 bits per heavy atom. The third-order valence-corrected chi connectivity index (χ3v) is 6.67. The zero-order valence-electron chi connectivity index (χ0n) is 20.3. The van der Waals surface area contributed by atoms with E-state index in [1.165, 1.54) is 25.1 Å². The number of ether oxygens (including phenoxy) is 1. The van der Waals surface area contributed by atoms with Gasteiger partial charge in [-0.2, -0.15) is 5.10 Å². The molecule has 5 heteroatoms. The van der Waals surface area contributed by atoms with Gasteiger partial charge in [-0.05, 0) is 61.7 Å². The Kier molecular flexibility index (Phi) is 7.76. The van der Waals surface area contributed by atoms with E-state index >= 15 is 0 Å². The Morgan fingerprint density at radius 3 is 2.26 bits per heavy atom. The molecule has 3 aromatic carbocycles. The fourth-order valence-electron chi connectivity index (χ4n) is 4.65. The molecule has 0 unspecified atom stereocenters. The highest BCUT2D eigenvalue weighted by molar-refractivity contribution is 5.68. The van der Waals surface area contributed by atoms with E-state index in [1.807, 2.05) is 30.3 Å². The maximum absolute atomic E-state index is 6.06. The number of para-hydroxylation sites is 1. The number of hydrogen-bond acceptors (Lipinski definition) is 4. The van der Waals surface area contributed by atoms with Crippen LogP contribution in [0, 0.1) is 0 Å². The maximum Gasteiger partial charge on any atom is 0.119 e. The van der Waals surface area contributed by atoms with Crippen LogP contribution in [-0.2, 0) is 0 Å². The SMILES string of the molecule is c1ccc(-c2cc(-c3cccc(OCCCCCN4CCN(c5ccccc5)CC4)c3)n[nH]2)cc1. The second-order valence-corrected chi connectivity index (χ2v) is 9.13. The number of anilines is 1. The Hall–Kier alpha value is -3.57. The molecular weight excluding hydrogens is 432 g/mol. The first kappa shape index (κ1) is 23.2. The lowest BCUT2D eigenvalue weighted by atomic mass is 10.1. The number of hydrogen-bond donors (Lipinski definition) is 1. The summed E-state index contributed by atoms with van der Waals surface area (Å²) >= 11 is 0. The standard InChI is InChI=1S/C30H34N4O/c1-4-11-25(12-5-1)29-24-30(32-31-29)26-13-10-16-28(23-26)35-22-9-3-8-17-33-18-20-34(21-19-33)27-14-6-2-7-15-27/h1-2,4-7,10-16,23-24H,3,8-9,17-22H2,(H,31,32). The quantitative estimate of drug-likeness (QED) is 0.286. The molecule has 0 bridgehead atoms. The molecule has 1 fully saturated rings. The summed E-state index contributed by atoms with van der Waals surface area (Å²) in [4.78, 5) is 5.08. The second-order valence-electron chi connectivity index (χ2n) is 9.13. The third-order valence-electron chi connectivity index (χ3n) is 6.67. The third kappa shape index (κ3) is 6.31. The van der Waals surface area contributed by atoms with Crippen LogP contribution in [0.25, 0.3) is 22.5 Å². The van der Waals surface area contributed by atoms with Crippen molar-refractivity contribution in [2.45, 2.75) is 19.3 Å². The van der Waals surface area contributed by atoms with E-state index in [-0.39, 0.29) is 0 Å². The van der Waals surface area contributed by atoms with E-state index < -0.39 is 0 Å². The van der Waals surface area contributed by atoms with E-state index in [0.717, 1.165) is 67.5 Å². The molecule has 2 heterocycles. The largest absolute Gasteiger partial charge is 0.494 e. The van der Waals surface area contributed by atoms with Gasteiger partial charge in [0.05, 0.1) is 18.0 Å². The number of nitrogens with zero attached hydrogens (tertiary/aromatic N) is 3. The van der Waals surface area contributed by atoms with E-state index in [4.69, 9.17) is 4.74 Å². The first-order valence-corrected chi connectivity index (χ1v) is 12.7. The van der Waals surface area contributed by atoms with Gasteiger partial charge in [0.2, 0.25) is 0 Å². The summed E-state index contributed by atoms with van der Waals surface area (Å²) in [6.07, 6.45) is 3.50. The molecule has 0 radical (unpaired) electrons. The minimum absolute atomic E-state index is 0.751. The number of nitrogens with one attached hydrogen (secondary N) is 1. The van der Waals surface area contributed by atoms with Crippen molar-refractivity contribution in [3.8, 4) is 28.3 Å². The Bertz CT molecular complexity index is 1170. The molecule has 0 aliphatic carbocycles. The molecule has 1 aromatic heterocycles. The van der Waals surface area contributed by atoms with Crippen molar-refractivity contribution >= 4 is 5.69 Å². The second kappa shape index (κ2) is 11.7. The Labute approximate surface area is 208 Å². The van der Waals surface area contributed by atoms with Crippen LogP contribution in [0.4, 0.5) is 5.69 Å². The number of aromatic amines is 1. The molecule has 1 N–H and O–H groups in total. The molecule has 1 aliphatic heterocycles. The zero-order valence-corrected chi connectivity index (χ0v) is 20.3. The highest BCUT2D eigenvalue weighted by Gasteiger charge is 2.16. The molecule has 5 nitrogen and oxygen atoms in total. The minimum Gasteiger partial charge on any atom is -0.494 e. The van der Waals surface area contributed by atoms with Crippen LogP contribution >= 0.6 is 0 Å². The van der Waals surface area contributed by atoms with Crippen LogP contribution < -0.4 is 9.64 Å². The predicted octanol–water partition coefficient (Wildman–Crippen LogP) is 6.12. The number of H-pyrrole nitrogens is 1. The van der Waals surface area contributed by atoms with Gasteiger partial charge >= 0.3 is 0 Å². The topological polar surface area (TPSA) is 44.4 Å². The molecule has 0 saturated carbocycles. The Morgan fingerprint density at radius 1 is 0.714 bits per heavy atom. The van der Waals surface area contributed by atoms with Crippen molar-refractivity contribution in [3.05, 3.63) is 91.0 Å². The van der Waals surface area contributed by atoms with Crippen LogP contribution in [0.15, 0.2) is 91.0 Å². The van der Waals surface area contributed by atoms with Gasteiger partial charge in [0.25, 0.3) is 0 Å². The minimum atomic E-state index is 0.751. The summed E-state index contributed by atoms with van der Waals surface area (Å²) in [7, 11) is 0. The molecule has 35 heavy (non-hydrogen) atoms. The van der Waals surface area contributed by atoms with Gasteiger partial charge in [-0.3, -0.25) is 10.00 Å². The normalized spacial score (nSPS) is 14.2. The van der Waals surface area contributed by atoms with Crippen molar-refractivity contribution < 1.29 is 4.74 Å². The molecule has 5 rings (SSSR count). The molecule has 0 spiro atoms. The van der Waals surface area contributed by atoms with Crippen LogP contribution in [0.2, 0.25) is 0 Å². The molecule has 1 saturated heterocycles. The molecular formula is C30H34N4O. The summed E-state index contributed by atoms with van der Waals surface area (Å²) in [6, 6.07) is 31.3. The first-order valence-electron chi connectivity index (χ1n) is 12.7. The number of aromatic nitrogens is 2. The summed E-state index contributed by atoms with van der Waals surface area (Å²) in [5, 5.41) is 7.65. The van der Waals surface area contributed by atoms with E-state index in [2.05, 4.69) is 80.7 Å². The van der Waals surface area contributed by atoms with Crippen LogP contribution in [0.5, 0.6) is 5.75 Å². The van der Waals surface area contributed by atoms with Gasteiger partial charge in [-0.1, -0.05) is 60.7 Å². The van der Waals surface area contributed by atoms with Crippen molar-refractivity contribution in [2.24, 2.45) is 0 Å². The number of benzene rings is 3. The van der Waals surface area contributed by atoms with Crippen LogP contribution in [0.3, 0.4) is 0 Å². The monoisotopic (exact) mass is 466 g/mol. The summed E-state index contributed by atoms with van der Waals surface area (Å²) in [5.74, 6) is 0.906. The van der Waals surface area contributed by atoms with Crippen molar-refractivity contribution in [3.63, 3.8) is 0 Å². The van der Waals surface area contributed by atoms with Crippen LogP contribution in [-0.4, -0.2) is 54.4 Å². The van der Waals surface area contributed by atoms with E-state index in [1.54, 1.807) is 0 Å². The first-order chi connectivity index (χ1) is 17.3. The fraction of sp³-hybridized carbons (Fsp3) is 0.300. The van der Waals surface area contributed by atoms with Gasteiger partial charge < -0.3 is 9.64 Å². The van der Waals surface area contributed by atoms with E-state index in [0.29, 0.717) is 0 Å². The molecule has 4 aromatic rings. The maximum atomic E-state index is 6.06. The summed E-state index contributed by atoms with van der Waals surface area (Å²) < 4.78 is 6.06. The summed E-state index contributed by atoms with van der Waals surface area (Å²) in [6.45, 7) is 6.47. The van der Waals surface area contributed by atoms with Gasteiger partial charge in [-0.15, -0.1) is 0 Å². The molecule has 0 amide bonds. The van der Waals surface area contributed by atoms with Crippen molar-refractivity contribution in [1.82, 2.24) is 15.1 Å². The van der Waals surface area contributed by atoms with Gasteiger partial charge in [0.15, 0.2) is 0 Å². The van der Waals surface area contributed by atoms with Gasteiger partial charge in [-0.25, -0.2) is 0 Å². The average molecular weight is 467 g/mol. The van der Waals surface area contributed by atoms with E-state index in [9.17, 15) is 0 Å². The average Bonchev–Trinajstić information content (AvgIpc) is 3.43. The lowest BCUT2D eigenvalue weighted by molar-refractivity contribution is 0.246. The van der Waals surface area contributed by atoms with Gasteiger partial charge in [0.1, 0.15) is 5.75 Å². The lowest BCUT2D eigenvalue weighted by Gasteiger charge is -2.36.